The van der Waals surface area contributed by atoms with Crippen molar-refractivity contribution < 1.29 is 0 Å². The number of para-hydroxylation sites is 1. The summed E-state index contributed by atoms with van der Waals surface area (Å²) in [6.45, 7) is 5.25. The summed E-state index contributed by atoms with van der Waals surface area (Å²) in [5, 5.41) is 0.681. The quantitative estimate of drug-likeness (QED) is 0.554. The van der Waals surface area contributed by atoms with Gasteiger partial charge in [-0.25, -0.2) is 0 Å². The highest BCUT2D eigenvalue weighted by molar-refractivity contribution is 5.79. The third-order valence-electron chi connectivity index (χ3n) is 4.77. The van der Waals surface area contributed by atoms with Gasteiger partial charge in [0.25, 0.3) is 0 Å². The molecule has 4 rings (SSSR count). The van der Waals surface area contributed by atoms with Crippen LogP contribution in [-0.2, 0) is 12.8 Å². The fourth-order valence-corrected chi connectivity index (χ4v) is 3.52. The van der Waals surface area contributed by atoms with Crippen molar-refractivity contribution in [2.24, 2.45) is 4.99 Å². The second-order valence-corrected chi connectivity index (χ2v) is 6.26. The van der Waals surface area contributed by atoms with Crippen molar-refractivity contribution in [1.82, 2.24) is 9.97 Å². The molecule has 1 aromatic carbocycles. The van der Waals surface area contributed by atoms with Crippen LogP contribution in [0.2, 0.25) is 0 Å². The zero-order chi connectivity index (χ0) is 17.6. The Hall–Kier alpha value is -3.21. The summed E-state index contributed by atoms with van der Waals surface area (Å²) in [4.78, 5) is 36.0. The van der Waals surface area contributed by atoms with Gasteiger partial charge < -0.3 is 9.97 Å². The number of aromatic nitrogens is 2. The average molecular weight is 331 g/mol. The second-order valence-electron chi connectivity index (χ2n) is 6.26. The van der Waals surface area contributed by atoms with Crippen LogP contribution >= 0.6 is 0 Å². The molecule has 0 fully saturated rings. The third kappa shape index (κ3) is 2.36. The van der Waals surface area contributed by atoms with E-state index in [0.717, 1.165) is 28.2 Å². The van der Waals surface area contributed by atoms with Gasteiger partial charge in [-0.1, -0.05) is 12.1 Å². The summed E-state index contributed by atoms with van der Waals surface area (Å²) in [5.41, 5.74) is 5.24. The number of aliphatic imine (C=N–C) groups is 1. The standard InChI is InChI=1S/C20H17N3O2/c1-11-12(7-8-21-2)19(24)14-10-18-15(9-17(14)22-11)20(25)13-5-3-4-6-16(13)23-18/h3-8H,2,9-10H2,1H3,(H,22,24)(H,23,25)/b8-7-. The van der Waals surface area contributed by atoms with E-state index in [2.05, 4.69) is 21.7 Å². The molecule has 0 radical (unpaired) electrons. The molecule has 1 aliphatic rings. The van der Waals surface area contributed by atoms with Crippen LogP contribution in [0.3, 0.4) is 0 Å². The van der Waals surface area contributed by atoms with E-state index in [0.29, 0.717) is 29.4 Å². The molecule has 5 nitrogen and oxygen atoms in total. The van der Waals surface area contributed by atoms with Crippen LogP contribution in [0.1, 0.15) is 33.8 Å². The molecule has 0 bridgehead atoms. The Labute approximate surface area is 143 Å². The predicted octanol–water partition coefficient (Wildman–Crippen LogP) is 2.69. The largest absolute Gasteiger partial charge is 0.361 e. The van der Waals surface area contributed by atoms with E-state index in [-0.39, 0.29) is 10.9 Å². The van der Waals surface area contributed by atoms with Gasteiger partial charge in [-0.15, -0.1) is 0 Å². The van der Waals surface area contributed by atoms with Crippen LogP contribution in [-0.4, -0.2) is 16.7 Å². The van der Waals surface area contributed by atoms with Gasteiger partial charge in [0.2, 0.25) is 0 Å². The molecule has 5 heteroatoms. The van der Waals surface area contributed by atoms with Gasteiger partial charge in [0, 0.05) is 63.7 Å². The molecular weight excluding hydrogens is 314 g/mol. The number of nitrogens with one attached hydrogen (secondary N) is 2. The van der Waals surface area contributed by atoms with Crippen LogP contribution in [0.4, 0.5) is 0 Å². The molecule has 0 saturated heterocycles. The first-order valence-electron chi connectivity index (χ1n) is 8.10. The molecule has 0 aliphatic heterocycles. The Kier molecular flexibility index (Phi) is 3.50. The Morgan fingerprint density at radius 2 is 1.72 bits per heavy atom. The lowest BCUT2D eigenvalue weighted by atomic mass is 9.89. The lowest BCUT2D eigenvalue weighted by molar-refractivity contribution is 0.879. The minimum Gasteiger partial charge on any atom is -0.361 e. The fraction of sp³-hybridized carbons (Fsp3) is 0.150. The number of benzene rings is 1. The van der Waals surface area contributed by atoms with Crippen LogP contribution in [0.5, 0.6) is 0 Å². The maximum absolute atomic E-state index is 12.9. The highest BCUT2D eigenvalue weighted by atomic mass is 16.1. The number of hydrogen-bond acceptors (Lipinski definition) is 3. The van der Waals surface area contributed by atoms with E-state index in [9.17, 15) is 9.59 Å². The van der Waals surface area contributed by atoms with Gasteiger partial charge in [0.05, 0.1) is 0 Å². The summed E-state index contributed by atoms with van der Waals surface area (Å²) in [5.74, 6) is 0. The minimum absolute atomic E-state index is 0.0224. The zero-order valence-corrected chi connectivity index (χ0v) is 13.8. The predicted molar refractivity (Wildman–Crippen MR) is 101 cm³/mol. The Bertz CT molecular complexity index is 1170. The van der Waals surface area contributed by atoms with Crippen molar-refractivity contribution in [3.63, 3.8) is 0 Å². The van der Waals surface area contributed by atoms with Gasteiger partial charge in [-0.3, -0.25) is 14.6 Å². The Balaban J connectivity index is 1.94. The summed E-state index contributed by atoms with van der Waals surface area (Å²) >= 11 is 0. The molecule has 2 aromatic heterocycles. The number of fused-ring (bicyclic) bond motifs is 3. The SMILES string of the molecule is C=N/C=C\c1c(C)[nH]c2c(c1=O)Cc1[nH]c3ccccc3c(=O)c1C2. The zero-order valence-electron chi connectivity index (χ0n) is 13.8. The lowest BCUT2D eigenvalue weighted by Gasteiger charge is -2.20. The van der Waals surface area contributed by atoms with E-state index in [1.807, 2.05) is 31.2 Å². The normalized spacial score (nSPS) is 13.0. The highest BCUT2D eigenvalue weighted by Gasteiger charge is 2.24. The average Bonchev–Trinajstić information content (AvgIpc) is 2.61. The summed E-state index contributed by atoms with van der Waals surface area (Å²) in [6.07, 6.45) is 4.03. The molecule has 0 saturated carbocycles. The van der Waals surface area contributed by atoms with Crippen molar-refractivity contribution in [2.45, 2.75) is 19.8 Å². The monoisotopic (exact) mass is 331 g/mol. The van der Waals surface area contributed by atoms with Gasteiger partial charge in [0.1, 0.15) is 0 Å². The summed E-state index contributed by atoms with van der Waals surface area (Å²) in [6, 6.07) is 7.46. The maximum atomic E-state index is 12.9. The fourth-order valence-electron chi connectivity index (χ4n) is 3.52. The van der Waals surface area contributed by atoms with Crippen molar-refractivity contribution >= 4 is 23.7 Å². The van der Waals surface area contributed by atoms with Crippen LogP contribution in [0.15, 0.2) is 45.0 Å². The number of aryl methyl sites for hydroxylation is 1. The van der Waals surface area contributed by atoms with Gasteiger partial charge in [0.15, 0.2) is 10.9 Å². The first-order valence-corrected chi connectivity index (χ1v) is 8.10. The molecule has 0 amide bonds. The highest BCUT2D eigenvalue weighted by Crippen LogP contribution is 2.24. The minimum atomic E-state index is -0.0224. The topological polar surface area (TPSA) is 78.1 Å². The van der Waals surface area contributed by atoms with Crippen molar-refractivity contribution in [2.75, 3.05) is 0 Å². The third-order valence-corrected chi connectivity index (χ3v) is 4.77. The van der Waals surface area contributed by atoms with E-state index >= 15 is 0 Å². The van der Waals surface area contributed by atoms with Crippen LogP contribution in [0.25, 0.3) is 17.0 Å². The molecular formula is C20H17N3O2. The van der Waals surface area contributed by atoms with Gasteiger partial charge >= 0.3 is 0 Å². The number of hydrogen-bond donors (Lipinski definition) is 2. The number of nitrogens with zero attached hydrogens (tertiary/aromatic N) is 1. The molecule has 0 spiro atoms. The maximum Gasteiger partial charge on any atom is 0.193 e. The van der Waals surface area contributed by atoms with Crippen molar-refractivity contribution in [3.8, 4) is 0 Å². The van der Waals surface area contributed by atoms with E-state index < -0.39 is 0 Å². The lowest BCUT2D eigenvalue weighted by Crippen LogP contribution is -2.27. The first-order chi connectivity index (χ1) is 12.1. The van der Waals surface area contributed by atoms with Gasteiger partial charge in [-0.2, -0.15) is 0 Å². The number of aromatic amines is 2. The summed E-state index contributed by atoms with van der Waals surface area (Å²) < 4.78 is 0. The Morgan fingerprint density at radius 1 is 1.04 bits per heavy atom. The molecule has 2 heterocycles. The molecule has 1 aliphatic carbocycles. The first kappa shape index (κ1) is 15.3. The molecule has 124 valence electrons. The second kappa shape index (κ2) is 5.70. The van der Waals surface area contributed by atoms with Crippen LogP contribution in [0, 0.1) is 6.92 Å². The van der Waals surface area contributed by atoms with Crippen LogP contribution < -0.4 is 10.9 Å². The molecule has 3 aromatic rings. The van der Waals surface area contributed by atoms with Crippen molar-refractivity contribution in [1.29, 1.82) is 0 Å². The van der Waals surface area contributed by atoms with Crippen molar-refractivity contribution in [3.05, 3.63) is 84.7 Å². The number of pyridine rings is 2. The van der Waals surface area contributed by atoms with Gasteiger partial charge in [-0.05, 0) is 31.9 Å². The smallest absolute Gasteiger partial charge is 0.193 e. The molecule has 25 heavy (non-hydrogen) atoms. The molecule has 2 N–H and O–H groups in total. The number of H-pyrrole nitrogens is 2. The number of rotatable bonds is 2. The van der Waals surface area contributed by atoms with E-state index in [4.69, 9.17) is 0 Å². The summed E-state index contributed by atoms with van der Waals surface area (Å²) in [7, 11) is 0. The Morgan fingerprint density at radius 3 is 2.48 bits per heavy atom. The van der Waals surface area contributed by atoms with E-state index in [1.54, 1.807) is 6.08 Å². The molecule has 0 unspecified atom stereocenters. The molecule has 0 atom stereocenters. The van der Waals surface area contributed by atoms with E-state index in [1.165, 1.54) is 6.20 Å².